The van der Waals surface area contributed by atoms with E-state index in [2.05, 4.69) is 0 Å². The van der Waals surface area contributed by atoms with E-state index in [-0.39, 0.29) is 15.6 Å². The van der Waals surface area contributed by atoms with Crippen molar-refractivity contribution in [2.75, 3.05) is 0 Å². The van der Waals surface area contributed by atoms with Crippen molar-refractivity contribution in [3.63, 3.8) is 0 Å². The van der Waals surface area contributed by atoms with Crippen LogP contribution in [0.25, 0.3) is 0 Å². The van der Waals surface area contributed by atoms with Gasteiger partial charge in [-0.3, -0.25) is 4.79 Å². The average molecular weight is 267 g/mol. The SMILES string of the molecule is O=C(O)C1(c2c(Cl)cccc2Cl)CC1(F)F. The largest absolute Gasteiger partial charge is 0.480 e. The number of halogens is 4. The molecule has 0 amide bonds. The van der Waals surface area contributed by atoms with Crippen molar-refractivity contribution in [2.45, 2.75) is 17.8 Å². The van der Waals surface area contributed by atoms with Gasteiger partial charge in [0.25, 0.3) is 5.92 Å². The first kappa shape index (κ1) is 11.6. The normalized spacial score (nSPS) is 26.5. The molecule has 16 heavy (non-hydrogen) atoms. The summed E-state index contributed by atoms with van der Waals surface area (Å²) in [6, 6.07) is 4.17. The van der Waals surface area contributed by atoms with Crippen molar-refractivity contribution in [3.8, 4) is 0 Å². The highest BCUT2D eigenvalue weighted by molar-refractivity contribution is 6.36. The number of hydrogen-bond donors (Lipinski definition) is 1. The molecule has 0 saturated heterocycles. The Hall–Kier alpha value is -0.870. The summed E-state index contributed by atoms with van der Waals surface area (Å²) in [6.45, 7) is 0. The molecule has 0 bridgehead atoms. The molecule has 1 aromatic carbocycles. The Morgan fingerprint density at radius 1 is 1.31 bits per heavy atom. The fraction of sp³-hybridized carbons (Fsp3) is 0.300. The summed E-state index contributed by atoms with van der Waals surface area (Å²) >= 11 is 11.5. The molecular weight excluding hydrogens is 261 g/mol. The van der Waals surface area contributed by atoms with Gasteiger partial charge < -0.3 is 5.11 Å². The van der Waals surface area contributed by atoms with E-state index < -0.39 is 23.7 Å². The molecular formula is C10H6Cl2F2O2. The highest BCUT2D eigenvalue weighted by atomic mass is 35.5. The summed E-state index contributed by atoms with van der Waals surface area (Å²) in [5, 5.41) is 8.85. The summed E-state index contributed by atoms with van der Waals surface area (Å²) in [6.07, 6.45) is -0.765. The van der Waals surface area contributed by atoms with Gasteiger partial charge in [-0.1, -0.05) is 29.3 Å². The fourth-order valence-electron chi connectivity index (χ4n) is 1.80. The van der Waals surface area contributed by atoms with Gasteiger partial charge >= 0.3 is 5.97 Å². The van der Waals surface area contributed by atoms with Gasteiger partial charge in [-0.2, -0.15) is 0 Å². The maximum absolute atomic E-state index is 13.2. The van der Waals surface area contributed by atoms with Crippen molar-refractivity contribution in [3.05, 3.63) is 33.8 Å². The molecule has 1 aliphatic rings. The number of rotatable bonds is 2. The van der Waals surface area contributed by atoms with Gasteiger partial charge in [0.05, 0.1) is 0 Å². The molecule has 1 N–H and O–H groups in total. The quantitative estimate of drug-likeness (QED) is 0.892. The minimum absolute atomic E-state index is 0.0490. The van der Waals surface area contributed by atoms with Gasteiger partial charge in [-0.15, -0.1) is 0 Å². The van der Waals surface area contributed by atoms with Gasteiger partial charge in [0.15, 0.2) is 5.41 Å². The van der Waals surface area contributed by atoms with Crippen LogP contribution in [0, 0.1) is 0 Å². The third kappa shape index (κ3) is 1.33. The van der Waals surface area contributed by atoms with Gasteiger partial charge in [-0.05, 0) is 12.1 Å². The second-order valence-electron chi connectivity index (χ2n) is 3.69. The second kappa shape index (κ2) is 3.31. The van der Waals surface area contributed by atoms with Crippen LogP contribution in [0.3, 0.4) is 0 Å². The van der Waals surface area contributed by atoms with Crippen LogP contribution in [-0.2, 0) is 10.2 Å². The van der Waals surface area contributed by atoms with Gasteiger partial charge in [0, 0.05) is 22.0 Å². The predicted octanol–water partition coefficient (Wildman–Crippen LogP) is 3.35. The van der Waals surface area contributed by atoms with Gasteiger partial charge in [0.2, 0.25) is 0 Å². The number of carboxylic acids is 1. The molecule has 1 atom stereocenters. The molecule has 0 radical (unpaired) electrons. The van der Waals surface area contributed by atoms with Crippen molar-refractivity contribution in [1.82, 2.24) is 0 Å². The van der Waals surface area contributed by atoms with Crippen LogP contribution in [-0.4, -0.2) is 17.0 Å². The van der Waals surface area contributed by atoms with E-state index in [1.54, 1.807) is 0 Å². The zero-order chi connectivity index (χ0) is 12.1. The van der Waals surface area contributed by atoms with Crippen molar-refractivity contribution in [2.24, 2.45) is 0 Å². The molecule has 0 aromatic heterocycles. The lowest BCUT2D eigenvalue weighted by Gasteiger charge is -2.15. The maximum atomic E-state index is 13.2. The standard InChI is InChI=1S/C10H6Cl2F2O2/c11-5-2-1-3-6(12)7(5)9(8(15)16)4-10(9,13)14/h1-3H,4H2,(H,15,16). The fourth-order valence-corrected chi connectivity index (χ4v) is 2.52. The summed E-state index contributed by atoms with van der Waals surface area (Å²) in [5.41, 5.74) is -2.46. The van der Waals surface area contributed by atoms with Crippen molar-refractivity contribution >= 4 is 29.2 Å². The number of benzene rings is 1. The molecule has 1 aliphatic carbocycles. The number of carboxylic acid groups (broad SMARTS) is 1. The van der Waals surface area contributed by atoms with Crippen LogP contribution in [0.4, 0.5) is 8.78 Å². The first-order chi connectivity index (χ1) is 7.33. The van der Waals surface area contributed by atoms with Crippen LogP contribution in [0.15, 0.2) is 18.2 Å². The van der Waals surface area contributed by atoms with Crippen LogP contribution in [0.5, 0.6) is 0 Å². The lowest BCUT2D eigenvalue weighted by atomic mass is 9.95. The summed E-state index contributed by atoms with van der Waals surface area (Å²) in [5.74, 6) is -4.90. The Balaban J connectivity index is 2.64. The minimum Gasteiger partial charge on any atom is -0.480 e. The smallest absolute Gasteiger partial charge is 0.320 e. The van der Waals surface area contributed by atoms with Crippen LogP contribution < -0.4 is 0 Å². The van der Waals surface area contributed by atoms with Gasteiger partial charge in [0.1, 0.15) is 0 Å². The Labute approximate surface area is 99.8 Å². The van der Waals surface area contributed by atoms with Crippen LogP contribution in [0.1, 0.15) is 12.0 Å². The molecule has 1 fully saturated rings. The van der Waals surface area contributed by atoms with Crippen LogP contribution >= 0.6 is 23.2 Å². The molecule has 86 valence electrons. The average Bonchev–Trinajstić information content (AvgIpc) is 2.70. The van der Waals surface area contributed by atoms with E-state index in [9.17, 15) is 13.6 Å². The Bertz CT molecular complexity index is 456. The number of alkyl halides is 2. The first-order valence-corrected chi connectivity index (χ1v) is 5.14. The Kier molecular flexibility index (Phi) is 2.40. The van der Waals surface area contributed by atoms with E-state index in [0.29, 0.717) is 0 Å². The first-order valence-electron chi connectivity index (χ1n) is 4.38. The lowest BCUT2D eigenvalue weighted by Crippen LogP contribution is -2.27. The lowest BCUT2D eigenvalue weighted by molar-refractivity contribution is -0.142. The zero-order valence-electron chi connectivity index (χ0n) is 7.81. The maximum Gasteiger partial charge on any atom is 0.320 e. The molecule has 0 aliphatic heterocycles. The highest BCUT2D eigenvalue weighted by Crippen LogP contribution is 2.64. The molecule has 1 aromatic rings. The predicted molar refractivity (Wildman–Crippen MR) is 55.3 cm³/mol. The summed E-state index contributed by atoms with van der Waals surface area (Å²) < 4.78 is 26.5. The zero-order valence-corrected chi connectivity index (χ0v) is 9.32. The number of hydrogen-bond acceptors (Lipinski definition) is 1. The molecule has 0 spiro atoms. The van der Waals surface area contributed by atoms with Crippen molar-refractivity contribution < 1.29 is 18.7 Å². The van der Waals surface area contributed by atoms with E-state index in [1.807, 2.05) is 0 Å². The van der Waals surface area contributed by atoms with Crippen molar-refractivity contribution in [1.29, 1.82) is 0 Å². The third-order valence-electron chi connectivity index (χ3n) is 2.74. The molecule has 2 rings (SSSR count). The van der Waals surface area contributed by atoms with E-state index in [1.165, 1.54) is 18.2 Å². The second-order valence-corrected chi connectivity index (χ2v) is 4.50. The third-order valence-corrected chi connectivity index (χ3v) is 3.37. The van der Waals surface area contributed by atoms with E-state index >= 15 is 0 Å². The van der Waals surface area contributed by atoms with Crippen LogP contribution in [0.2, 0.25) is 10.0 Å². The highest BCUT2D eigenvalue weighted by Gasteiger charge is 2.78. The Morgan fingerprint density at radius 3 is 2.06 bits per heavy atom. The summed E-state index contributed by atoms with van der Waals surface area (Å²) in [4.78, 5) is 11.0. The topological polar surface area (TPSA) is 37.3 Å². The molecule has 0 heterocycles. The molecule has 1 saturated carbocycles. The number of aliphatic carboxylic acids is 1. The number of carbonyl (C=O) groups is 1. The molecule has 1 unspecified atom stereocenters. The molecule has 6 heteroatoms. The van der Waals surface area contributed by atoms with Gasteiger partial charge in [-0.25, -0.2) is 8.78 Å². The Morgan fingerprint density at radius 2 is 1.75 bits per heavy atom. The van der Waals surface area contributed by atoms with E-state index in [4.69, 9.17) is 28.3 Å². The monoisotopic (exact) mass is 266 g/mol. The molecule has 2 nitrogen and oxygen atoms in total. The summed E-state index contributed by atoms with van der Waals surface area (Å²) in [7, 11) is 0. The minimum atomic E-state index is -3.30. The van der Waals surface area contributed by atoms with E-state index in [0.717, 1.165) is 0 Å².